The number of amides is 1. The maximum Gasteiger partial charge on any atom is 0.407 e. The molecule has 2 rings (SSSR count). The Kier molecular flexibility index (Phi) is 2.34. The van der Waals surface area contributed by atoms with Gasteiger partial charge in [-0.3, -0.25) is 0 Å². The zero-order valence-electron chi connectivity index (χ0n) is 8.42. The molecule has 0 bridgehead atoms. The molecule has 1 N–H and O–H groups in total. The second kappa shape index (κ2) is 3.53. The SMILES string of the molecule is CC1(c2ccc(F)cc2)CCOC(=O)N1. The molecule has 1 aliphatic heterocycles. The van der Waals surface area contributed by atoms with E-state index in [0.29, 0.717) is 13.0 Å². The molecule has 0 aromatic heterocycles. The van der Waals surface area contributed by atoms with E-state index in [2.05, 4.69) is 5.32 Å². The van der Waals surface area contributed by atoms with Crippen LogP contribution in [-0.2, 0) is 10.3 Å². The summed E-state index contributed by atoms with van der Waals surface area (Å²) >= 11 is 0. The Balaban J connectivity index is 2.28. The fraction of sp³-hybridized carbons (Fsp3) is 0.364. The van der Waals surface area contributed by atoms with Crippen molar-refractivity contribution in [3.63, 3.8) is 0 Å². The molecule has 3 nitrogen and oxygen atoms in total. The number of hydrogen-bond donors (Lipinski definition) is 1. The number of hydrogen-bond acceptors (Lipinski definition) is 2. The maximum atomic E-state index is 12.7. The van der Waals surface area contributed by atoms with Crippen LogP contribution in [0.5, 0.6) is 0 Å². The molecule has 0 spiro atoms. The summed E-state index contributed by atoms with van der Waals surface area (Å²) < 4.78 is 17.5. The quantitative estimate of drug-likeness (QED) is 0.769. The van der Waals surface area contributed by atoms with Crippen molar-refractivity contribution in [2.75, 3.05) is 6.61 Å². The van der Waals surface area contributed by atoms with E-state index in [1.807, 2.05) is 6.92 Å². The van der Waals surface area contributed by atoms with Crippen LogP contribution >= 0.6 is 0 Å². The van der Waals surface area contributed by atoms with Gasteiger partial charge in [0.1, 0.15) is 5.82 Å². The number of carbonyl (C=O) groups excluding carboxylic acids is 1. The number of cyclic esters (lactones) is 1. The van der Waals surface area contributed by atoms with Crippen molar-refractivity contribution < 1.29 is 13.9 Å². The molecular formula is C11H12FNO2. The minimum atomic E-state index is -0.455. The van der Waals surface area contributed by atoms with Crippen LogP contribution in [0.25, 0.3) is 0 Å². The van der Waals surface area contributed by atoms with Gasteiger partial charge in [0.15, 0.2) is 0 Å². The first-order valence-corrected chi connectivity index (χ1v) is 4.81. The fourth-order valence-corrected chi connectivity index (χ4v) is 1.71. The van der Waals surface area contributed by atoms with Crippen LogP contribution in [0.2, 0.25) is 0 Å². The summed E-state index contributed by atoms with van der Waals surface area (Å²) in [6.07, 6.45) is 0.262. The van der Waals surface area contributed by atoms with E-state index in [1.54, 1.807) is 12.1 Å². The van der Waals surface area contributed by atoms with E-state index < -0.39 is 11.6 Å². The van der Waals surface area contributed by atoms with Crippen molar-refractivity contribution in [3.8, 4) is 0 Å². The molecule has 15 heavy (non-hydrogen) atoms. The van der Waals surface area contributed by atoms with E-state index in [9.17, 15) is 9.18 Å². The molecule has 1 amide bonds. The summed E-state index contributed by atoms with van der Waals surface area (Å²) in [7, 11) is 0. The summed E-state index contributed by atoms with van der Waals surface area (Å²) in [6.45, 7) is 2.29. The van der Waals surface area contributed by atoms with Crippen molar-refractivity contribution in [1.29, 1.82) is 0 Å². The second-order valence-corrected chi connectivity index (χ2v) is 3.85. The predicted octanol–water partition coefficient (Wildman–Crippen LogP) is 2.17. The highest BCUT2D eigenvalue weighted by Crippen LogP contribution is 2.27. The number of nitrogens with one attached hydrogen (secondary N) is 1. The topological polar surface area (TPSA) is 38.3 Å². The maximum absolute atomic E-state index is 12.7. The lowest BCUT2D eigenvalue weighted by atomic mass is 9.88. The third-order valence-corrected chi connectivity index (χ3v) is 2.69. The Morgan fingerprint density at radius 2 is 2.07 bits per heavy atom. The molecule has 1 aromatic rings. The lowest BCUT2D eigenvalue weighted by molar-refractivity contribution is 0.0916. The Morgan fingerprint density at radius 1 is 1.40 bits per heavy atom. The van der Waals surface area contributed by atoms with Crippen LogP contribution in [-0.4, -0.2) is 12.7 Å². The summed E-state index contributed by atoms with van der Waals surface area (Å²) in [5, 5.41) is 2.74. The van der Waals surface area contributed by atoms with Gasteiger partial charge in [-0.05, 0) is 24.6 Å². The average molecular weight is 209 g/mol. The van der Waals surface area contributed by atoms with Crippen molar-refractivity contribution >= 4 is 6.09 Å². The molecule has 1 aromatic carbocycles. The van der Waals surface area contributed by atoms with Crippen molar-refractivity contribution in [3.05, 3.63) is 35.6 Å². The Hall–Kier alpha value is -1.58. The number of rotatable bonds is 1. The summed E-state index contributed by atoms with van der Waals surface area (Å²) in [5.74, 6) is -0.277. The van der Waals surface area contributed by atoms with Crippen LogP contribution in [0.15, 0.2) is 24.3 Å². The first-order chi connectivity index (χ1) is 7.10. The monoisotopic (exact) mass is 209 g/mol. The summed E-state index contributed by atoms with van der Waals surface area (Å²) in [4.78, 5) is 11.1. The van der Waals surface area contributed by atoms with Gasteiger partial charge in [0.2, 0.25) is 0 Å². The Labute approximate surface area is 87.2 Å². The average Bonchev–Trinajstić information content (AvgIpc) is 2.18. The van der Waals surface area contributed by atoms with E-state index in [-0.39, 0.29) is 5.82 Å². The third-order valence-electron chi connectivity index (χ3n) is 2.69. The summed E-state index contributed by atoms with van der Waals surface area (Å²) in [5.41, 5.74) is 0.434. The summed E-state index contributed by atoms with van der Waals surface area (Å²) in [6, 6.07) is 6.15. The minimum Gasteiger partial charge on any atom is -0.449 e. The van der Waals surface area contributed by atoms with Crippen molar-refractivity contribution in [1.82, 2.24) is 5.32 Å². The number of halogens is 1. The number of ether oxygens (including phenoxy) is 1. The van der Waals surface area contributed by atoms with Gasteiger partial charge in [0.25, 0.3) is 0 Å². The van der Waals surface area contributed by atoms with E-state index in [4.69, 9.17) is 4.74 Å². The first kappa shape index (κ1) is 9.96. The van der Waals surface area contributed by atoms with Crippen molar-refractivity contribution in [2.24, 2.45) is 0 Å². The van der Waals surface area contributed by atoms with Crippen LogP contribution in [0.1, 0.15) is 18.9 Å². The lowest BCUT2D eigenvalue weighted by Crippen LogP contribution is -2.48. The second-order valence-electron chi connectivity index (χ2n) is 3.85. The van der Waals surface area contributed by atoms with Gasteiger partial charge in [0.05, 0.1) is 12.1 Å². The van der Waals surface area contributed by atoms with Gasteiger partial charge in [0, 0.05) is 6.42 Å². The fourth-order valence-electron chi connectivity index (χ4n) is 1.71. The largest absolute Gasteiger partial charge is 0.449 e. The molecule has 4 heteroatoms. The number of carbonyl (C=O) groups is 1. The molecule has 0 aliphatic carbocycles. The van der Waals surface area contributed by atoms with Gasteiger partial charge >= 0.3 is 6.09 Å². The highest BCUT2D eigenvalue weighted by molar-refractivity contribution is 5.69. The van der Waals surface area contributed by atoms with E-state index >= 15 is 0 Å². The van der Waals surface area contributed by atoms with Gasteiger partial charge in [-0.1, -0.05) is 12.1 Å². The Bertz CT molecular complexity index is 377. The molecule has 1 aliphatic rings. The zero-order chi connectivity index (χ0) is 10.9. The van der Waals surface area contributed by atoms with E-state index in [0.717, 1.165) is 5.56 Å². The van der Waals surface area contributed by atoms with Crippen molar-refractivity contribution in [2.45, 2.75) is 18.9 Å². The van der Waals surface area contributed by atoms with Gasteiger partial charge in [-0.15, -0.1) is 0 Å². The van der Waals surface area contributed by atoms with Gasteiger partial charge < -0.3 is 10.1 Å². The van der Waals surface area contributed by atoms with Crippen LogP contribution in [0, 0.1) is 5.82 Å². The molecule has 1 fully saturated rings. The van der Waals surface area contributed by atoms with Gasteiger partial charge in [-0.2, -0.15) is 0 Å². The molecule has 0 saturated carbocycles. The third kappa shape index (κ3) is 1.93. The standard InChI is InChI=1S/C11H12FNO2/c1-11(6-7-15-10(14)13-11)8-2-4-9(12)5-3-8/h2-5H,6-7H2,1H3,(H,13,14). The lowest BCUT2D eigenvalue weighted by Gasteiger charge is -2.34. The van der Waals surface area contributed by atoms with Crippen LogP contribution in [0.3, 0.4) is 0 Å². The molecule has 80 valence electrons. The van der Waals surface area contributed by atoms with E-state index in [1.165, 1.54) is 12.1 Å². The molecular weight excluding hydrogens is 197 g/mol. The minimum absolute atomic E-state index is 0.277. The smallest absolute Gasteiger partial charge is 0.407 e. The molecule has 0 radical (unpaired) electrons. The molecule has 1 unspecified atom stereocenters. The predicted molar refractivity (Wildman–Crippen MR) is 52.9 cm³/mol. The van der Waals surface area contributed by atoms with Crippen LogP contribution < -0.4 is 5.32 Å². The highest BCUT2D eigenvalue weighted by atomic mass is 19.1. The molecule has 1 saturated heterocycles. The first-order valence-electron chi connectivity index (χ1n) is 4.81. The zero-order valence-corrected chi connectivity index (χ0v) is 8.42. The van der Waals surface area contributed by atoms with Crippen LogP contribution in [0.4, 0.5) is 9.18 Å². The Morgan fingerprint density at radius 3 is 2.67 bits per heavy atom. The highest BCUT2D eigenvalue weighted by Gasteiger charge is 2.32. The molecule has 1 atom stereocenters. The normalized spacial score (nSPS) is 25.6. The number of alkyl carbamates (subject to hydrolysis) is 1. The van der Waals surface area contributed by atoms with Gasteiger partial charge in [-0.25, -0.2) is 9.18 Å². The number of benzene rings is 1. The molecule has 1 heterocycles.